The molecule has 39 heavy (non-hydrogen) atoms. The third-order valence-electron chi connectivity index (χ3n) is 6.49. The zero-order valence-corrected chi connectivity index (χ0v) is 22.5. The number of thiazole rings is 1. The number of allylic oxidation sites excluding steroid dienone is 3. The maximum absolute atomic E-state index is 16.4. The van der Waals surface area contributed by atoms with Crippen LogP contribution in [0.25, 0.3) is 21.8 Å². The monoisotopic (exact) mass is 578 g/mol. The molecule has 5 rings (SSSR count). The first-order valence-electron chi connectivity index (χ1n) is 11.8. The van der Waals surface area contributed by atoms with E-state index in [2.05, 4.69) is 20.3 Å². The van der Waals surface area contributed by atoms with Crippen LogP contribution in [0.1, 0.15) is 30.5 Å². The molecule has 0 saturated carbocycles. The van der Waals surface area contributed by atoms with Crippen molar-refractivity contribution in [2.45, 2.75) is 36.4 Å². The van der Waals surface area contributed by atoms with Gasteiger partial charge in [-0.05, 0) is 44.2 Å². The molecule has 3 unspecified atom stereocenters. The molecule has 0 bridgehead atoms. The lowest BCUT2D eigenvalue weighted by Crippen LogP contribution is -2.47. The van der Waals surface area contributed by atoms with E-state index < -0.39 is 38.1 Å². The topological polar surface area (TPSA) is 146 Å². The molecule has 1 fully saturated rings. The van der Waals surface area contributed by atoms with Crippen molar-refractivity contribution in [1.29, 1.82) is 0 Å². The van der Waals surface area contributed by atoms with Gasteiger partial charge < -0.3 is 15.8 Å². The molecule has 5 N–H and O–H groups in total. The van der Waals surface area contributed by atoms with Crippen LogP contribution < -0.4 is 16.2 Å². The van der Waals surface area contributed by atoms with E-state index in [0.717, 1.165) is 12.1 Å². The van der Waals surface area contributed by atoms with Gasteiger partial charge in [-0.1, -0.05) is 12.1 Å². The van der Waals surface area contributed by atoms with E-state index in [0.29, 0.717) is 40.9 Å². The van der Waals surface area contributed by atoms with E-state index in [1.54, 1.807) is 6.07 Å². The van der Waals surface area contributed by atoms with Gasteiger partial charge in [-0.25, -0.2) is 41.7 Å². The number of halogens is 3. The Labute approximate surface area is 226 Å². The second-order valence-electron chi connectivity index (χ2n) is 9.86. The summed E-state index contributed by atoms with van der Waals surface area (Å²) in [4.78, 5) is 13.3. The molecule has 9 nitrogen and oxygen atoms in total. The Morgan fingerprint density at radius 1 is 1.21 bits per heavy atom. The van der Waals surface area contributed by atoms with Crippen LogP contribution in [-0.2, 0) is 20.4 Å². The molecule has 1 aromatic carbocycles. The fourth-order valence-corrected chi connectivity index (χ4v) is 6.61. The number of alkyl halides is 1. The normalized spacial score (nSPS) is 24.9. The number of sulfonamides is 1. The van der Waals surface area contributed by atoms with E-state index >= 15 is 8.78 Å². The molecule has 2 aromatic heterocycles. The lowest BCUT2D eigenvalue weighted by atomic mass is 9.86. The van der Waals surface area contributed by atoms with Gasteiger partial charge in [0, 0.05) is 23.9 Å². The number of anilines is 1. The zero-order valence-electron chi connectivity index (χ0n) is 20.9. The molecule has 3 atom stereocenters. The third-order valence-corrected chi connectivity index (χ3v) is 8.87. The number of ether oxygens (including phenoxy) is 1. The van der Waals surface area contributed by atoms with Gasteiger partial charge in [0.1, 0.15) is 21.9 Å². The van der Waals surface area contributed by atoms with Gasteiger partial charge in [-0.3, -0.25) is 0 Å². The summed E-state index contributed by atoms with van der Waals surface area (Å²) in [6.45, 7) is 4.74. The molecule has 1 aliphatic carbocycles. The van der Waals surface area contributed by atoms with Crippen LogP contribution in [0, 0.1) is 5.82 Å². The fourth-order valence-electron chi connectivity index (χ4n) is 4.49. The number of morpholine rings is 1. The average molecular weight is 579 g/mol. The summed E-state index contributed by atoms with van der Waals surface area (Å²) < 4.78 is 76.8. The molecule has 3 aromatic rings. The Bertz CT molecular complexity index is 1600. The highest BCUT2D eigenvalue weighted by Gasteiger charge is 2.48. The van der Waals surface area contributed by atoms with Gasteiger partial charge in [-0.15, -0.1) is 11.3 Å². The number of rotatable bonds is 5. The molecule has 14 heteroatoms. The van der Waals surface area contributed by atoms with Gasteiger partial charge in [0.2, 0.25) is 16.0 Å². The van der Waals surface area contributed by atoms with E-state index in [1.807, 2.05) is 13.8 Å². The van der Waals surface area contributed by atoms with Crippen molar-refractivity contribution in [3.8, 4) is 21.8 Å². The van der Waals surface area contributed by atoms with Gasteiger partial charge in [0.15, 0.2) is 5.67 Å². The van der Waals surface area contributed by atoms with Crippen LogP contribution >= 0.6 is 11.3 Å². The summed E-state index contributed by atoms with van der Waals surface area (Å²) in [5.41, 5.74) is 2.18. The van der Waals surface area contributed by atoms with E-state index in [-0.39, 0.29) is 28.8 Å². The van der Waals surface area contributed by atoms with Crippen molar-refractivity contribution < 1.29 is 26.3 Å². The van der Waals surface area contributed by atoms with Crippen LogP contribution in [0.3, 0.4) is 0 Å². The highest BCUT2D eigenvalue weighted by Crippen LogP contribution is 2.45. The van der Waals surface area contributed by atoms with Gasteiger partial charge in [-0.2, -0.15) is 0 Å². The summed E-state index contributed by atoms with van der Waals surface area (Å²) in [5, 5.41) is 6.97. The van der Waals surface area contributed by atoms with Gasteiger partial charge >= 0.3 is 0 Å². The predicted molar refractivity (Wildman–Crippen MR) is 142 cm³/mol. The van der Waals surface area contributed by atoms with E-state index in [1.165, 1.54) is 29.7 Å². The summed E-state index contributed by atoms with van der Waals surface area (Å²) >= 11 is 1.23. The van der Waals surface area contributed by atoms with E-state index in [9.17, 15) is 12.8 Å². The summed E-state index contributed by atoms with van der Waals surface area (Å²) in [7, 11) is -4.66. The maximum Gasteiger partial charge on any atom is 0.220 e. The zero-order chi connectivity index (χ0) is 28.2. The van der Waals surface area contributed by atoms with Gasteiger partial charge in [0.25, 0.3) is 0 Å². The Hall–Kier alpha value is -3.17. The highest BCUT2D eigenvalue weighted by molar-refractivity contribution is 7.90. The maximum atomic E-state index is 16.4. The number of aromatic nitrogens is 3. The van der Waals surface area contributed by atoms with Crippen molar-refractivity contribution in [3.63, 3.8) is 0 Å². The molecule has 0 amide bonds. The van der Waals surface area contributed by atoms with Crippen LogP contribution in [0.5, 0.6) is 0 Å². The summed E-state index contributed by atoms with van der Waals surface area (Å²) in [6, 6.07) is 5.11. The number of hydrogen-bond acceptors (Lipinski definition) is 9. The minimum Gasteiger partial charge on any atom is -0.372 e. The molecule has 3 heterocycles. The number of nitrogens with zero attached hydrogens (tertiary/aromatic N) is 3. The van der Waals surface area contributed by atoms with Crippen molar-refractivity contribution in [2.75, 3.05) is 18.9 Å². The Morgan fingerprint density at radius 2 is 1.97 bits per heavy atom. The lowest BCUT2D eigenvalue weighted by Gasteiger charge is -2.34. The molecular formula is C25H25F3N6O3S2. The first kappa shape index (κ1) is 27.4. The summed E-state index contributed by atoms with van der Waals surface area (Å²) in [6.07, 6.45) is 3.36. The number of nitrogens with two attached hydrogens (primary N) is 2. The third kappa shape index (κ3) is 5.22. The first-order chi connectivity index (χ1) is 18.3. The number of benzene rings is 1. The van der Waals surface area contributed by atoms with Crippen LogP contribution in [-0.4, -0.2) is 47.4 Å². The Morgan fingerprint density at radius 3 is 2.64 bits per heavy atom. The Balaban J connectivity index is 1.66. The summed E-state index contributed by atoms with van der Waals surface area (Å²) in [5.74, 6) is -2.09. The SMILES string of the molecule is CC1(C)CNC(c2nc(-c3cccc(C4(F)C=CC(F)=CC4S(N)(=O)=O)c3F)c(-c3ccnc(N)n3)s2)CO1. The van der Waals surface area contributed by atoms with Crippen molar-refractivity contribution in [3.05, 3.63) is 70.9 Å². The standard InChI is InChI=1S/C25H25F3N6O3S2/c1-24(2)12-32-17(11-37-24)22-34-20(21(38-22)16-7-9-31-23(29)33-16)14-4-3-5-15(19(14)27)25(28)8-6-13(26)10-18(25)39(30,35)36/h3-10,17-18,32H,11-12H2,1-2H3,(H2,29,31,33)(H2,30,35,36). The number of nitrogens with one attached hydrogen (secondary N) is 1. The van der Waals surface area contributed by atoms with Gasteiger partial charge in [0.05, 0.1) is 34.5 Å². The first-order valence-corrected chi connectivity index (χ1v) is 14.2. The number of nitrogen functional groups attached to an aromatic ring is 1. The highest BCUT2D eigenvalue weighted by atomic mass is 32.2. The van der Waals surface area contributed by atoms with Crippen molar-refractivity contribution >= 4 is 27.3 Å². The van der Waals surface area contributed by atoms with Crippen LogP contribution in [0.4, 0.5) is 19.1 Å². The van der Waals surface area contributed by atoms with Crippen molar-refractivity contribution in [1.82, 2.24) is 20.3 Å². The minimum atomic E-state index is -4.66. The molecule has 1 saturated heterocycles. The smallest absolute Gasteiger partial charge is 0.220 e. The number of primary sulfonamides is 1. The quantitative estimate of drug-likeness (QED) is 0.416. The molecule has 0 radical (unpaired) electrons. The molecular weight excluding hydrogens is 553 g/mol. The second kappa shape index (κ2) is 9.78. The van der Waals surface area contributed by atoms with Crippen LogP contribution in [0.15, 0.2) is 54.5 Å². The lowest BCUT2D eigenvalue weighted by molar-refractivity contribution is -0.0586. The fraction of sp³-hybridized carbons (Fsp3) is 0.320. The minimum absolute atomic E-state index is 0.0108. The largest absolute Gasteiger partial charge is 0.372 e. The average Bonchev–Trinajstić information content (AvgIpc) is 3.30. The molecule has 206 valence electrons. The van der Waals surface area contributed by atoms with E-state index in [4.69, 9.17) is 15.6 Å². The molecule has 0 spiro atoms. The predicted octanol–water partition coefficient (Wildman–Crippen LogP) is 3.67. The Kier molecular flexibility index (Phi) is 6.87. The molecule has 1 aliphatic heterocycles. The number of hydrogen-bond donors (Lipinski definition) is 3. The second-order valence-corrected chi connectivity index (χ2v) is 12.6. The van der Waals surface area contributed by atoms with Crippen LogP contribution in [0.2, 0.25) is 0 Å². The van der Waals surface area contributed by atoms with Crippen molar-refractivity contribution in [2.24, 2.45) is 5.14 Å². The molecule has 2 aliphatic rings.